The molecule has 0 spiro atoms. The van der Waals surface area contributed by atoms with E-state index in [-0.39, 0.29) is 0 Å². The molecule has 0 heterocycles. The van der Waals surface area contributed by atoms with Crippen LogP contribution in [0.3, 0.4) is 0 Å². The number of benzene rings is 2. The molecular formula is C13H13ClN2. The molecule has 0 fully saturated rings. The van der Waals surface area contributed by atoms with E-state index >= 15 is 0 Å². The molecule has 0 amide bonds. The number of hydrogen-bond acceptors (Lipinski definition) is 2. The molecule has 2 nitrogen and oxygen atoms in total. The van der Waals surface area contributed by atoms with Crippen LogP contribution in [0.5, 0.6) is 0 Å². The SMILES string of the molecule is Cc1cc(Nc2ccc(Cl)cc2)ccc1N. The molecule has 3 N–H and O–H groups in total. The molecule has 0 atom stereocenters. The summed E-state index contributed by atoms with van der Waals surface area (Å²) >= 11 is 5.82. The monoisotopic (exact) mass is 232 g/mol. The fourth-order valence-corrected chi connectivity index (χ4v) is 1.58. The summed E-state index contributed by atoms with van der Waals surface area (Å²) < 4.78 is 0. The number of aryl methyl sites for hydroxylation is 1. The van der Waals surface area contributed by atoms with Gasteiger partial charge in [0.1, 0.15) is 0 Å². The van der Waals surface area contributed by atoms with E-state index in [9.17, 15) is 0 Å². The van der Waals surface area contributed by atoms with Crippen LogP contribution in [0.1, 0.15) is 5.56 Å². The fraction of sp³-hybridized carbons (Fsp3) is 0.0769. The summed E-state index contributed by atoms with van der Waals surface area (Å²) in [6.45, 7) is 1.99. The average molecular weight is 233 g/mol. The molecule has 2 rings (SSSR count). The van der Waals surface area contributed by atoms with Crippen LogP contribution in [0.2, 0.25) is 5.02 Å². The molecule has 0 aromatic heterocycles. The van der Waals surface area contributed by atoms with Crippen LogP contribution in [-0.4, -0.2) is 0 Å². The number of nitrogen functional groups attached to an aromatic ring is 1. The number of anilines is 3. The van der Waals surface area contributed by atoms with Gasteiger partial charge in [0.15, 0.2) is 0 Å². The van der Waals surface area contributed by atoms with Crippen LogP contribution < -0.4 is 11.1 Å². The van der Waals surface area contributed by atoms with Crippen molar-refractivity contribution < 1.29 is 0 Å². The van der Waals surface area contributed by atoms with Crippen molar-refractivity contribution in [1.82, 2.24) is 0 Å². The molecule has 0 aliphatic carbocycles. The Kier molecular flexibility index (Phi) is 3.02. The highest BCUT2D eigenvalue weighted by atomic mass is 35.5. The quantitative estimate of drug-likeness (QED) is 0.769. The van der Waals surface area contributed by atoms with Crippen molar-refractivity contribution in [2.24, 2.45) is 0 Å². The number of rotatable bonds is 2. The summed E-state index contributed by atoms with van der Waals surface area (Å²) in [5, 5.41) is 4.02. The van der Waals surface area contributed by atoms with Crippen molar-refractivity contribution in [2.75, 3.05) is 11.1 Å². The number of nitrogens with one attached hydrogen (secondary N) is 1. The van der Waals surface area contributed by atoms with Crippen LogP contribution in [0.15, 0.2) is 42.5 Å². The Hall–Kier alpha value is -1.67. The lowest BCUT2D eigenvalue weighted by Crippen LogP contribution is -1.93. The molecule has 0 aliphatic rings. The minimum atomic E-state index is 0.735. The standard InChI is InChI=1S/C13H13ClN2/c1-9-8-12(6-7-13(9)15)16-11-4-2-10(14)3-5-11/h2-8,16H,15H2,1H3. The van der Waals surface area contributed by atoms with Crippen molar-refractivity contribution in [3.8, 4) is 0 Å². The largest absolute Gasteiger partial charge is 0.399 e. The summed E-state index contributed by atoms with van der Waals surface area (Å²) in [5.41, 5.74) is 9.66. The van der Waals surface area contributed by atoms with Crippen LogP contribution >= 0.6 is 11.6 Å². The summed E-state index contributed by atoms with van der Waals surface area (Å²) in [4.78, 5) is 0. The smallest absolute Gasteiger partial charge is 0.0407 e. The van der Waals surface area contributed by atoms with E-state index in [1.54, 1.807) is 0 Å². The Balaban J connectivity index is 2.20. The maximum Gasteiger partial charge on any atom is 0.0407 e. The molecule has 0 radical (unpaired) electrons. The van der Waals surface area contributed by atoms with E-state index in [0.717, 1.165) is 27.6 Å². The van der Waals surface area contributed by atoms with Gasteiger partial charge in [-0.2, -0.15) is 0 Å². The first-order valence-corrected chi connectivity index (χ1v) is 5.42. The first kappa shape index (κ1) is 10.8. The first-order valence-electron chi connectivity index (χ1n) is 5.04. The normalized spacial score (nSPS) is 10.1. The van der Waals surface area contributed by atoms with Crippen molar-refractivity contribution in [3.05, 3.63) is 53.1 Å². The van der Waals surface area contributed by atoms with E-state index in [1.807, 2.05) is 49.4 Å². The molecule has 82 valence electrons. The Morgan fingerprint density at radius 2 is 1.62 bits per heavy atom. The van der Waals surface area contributed by atoms with Crippen LogP contribution in [-0.2, 0) is 0 Å². The second-order valence-corrected chi connectivity index (χ2v) is 4.14. The Labute approximate surface area is 100 Å². The third-order valence-corrected chi connectivity index (χ3v) is 2.65. The number of nitrogens with two attached hydrogens (primary N) is 1. The molecule has 0 aliphatic heterocycles. The topological polar surface area (TPSA) is 38.0 Å². The predicted octanol–water partition coefficient (Wildman–Crippen LogP) is 3.97. The fourth-order valence-electron chi connectivity index (χ4n) is 1.45. The Bertz CT molecular complexity index is 492. The van der Waals surface area contributed by atoms with Gasteiger partial charge in [0.05, 0.1) is 0 Å². The lowest BCUT2D eigenvalue weighted by atomic mass is 10.2. The Morgan fingerprint density at radius 1 is 1.00 bits per heavy atom. The minimum Gasteiger partial charge on any atom is -0.399 e. The average Bonchev–Trinajstić information content (AvgIpc) is 2.27. The van der Waals surface area contributed by atoms with E-state index in [2.05, 4.69) is 5.32 Å². The van der Waals surface area contributed by atoms with Gasteiger partial charge in [-0.15, -0.1) is 0 Å². The Morgan fingerprint density at radius 3 is 2.25 bits per heavy atom. The van der Waals surface area contributed by atoms with Gasteiger partial charge in [-0.1, -0.05) is 11.6 Å². The molecule has 16 heavy (non-hydrogen) atoms. The first-order chi connectivity index (χ1) is 7.65. The van der Waals surface area contributed by atoms with Gasteiger partial charge in [0, 0.05) is 22.1 Å². The highest BCUT2D eigenvalue weighted by Crippen LogP contribution is 2.22. The van der Waals surface area contributed by atoms with Gasteiger partial charge in [0.25, 0.3) is 0 Å². The summed E-state index contributed by atoms with van der Waals surface area (Å²) in [5.74, 6) is 0. The number of halogens is 1. The second-order valence-electron chi connectivity index (χ2n) is 3.70. The zero-order chi connectivity index (χ0) is 11.5. The van der Waals surface area contributed by atoms with Crippen molar-refractivity contribution >= 4 is 28.7 Å². The maximum atomic E-state index is 5.82. The second kappa shape index (κ2) is 4.45. The van der Waals surface area contributed by atoms with Gasteiger partial charge in [-0.3, -0.25) is 0 Å². The lowest BCUT2D eigenvalue weighted by molar-refractivity contribution is 1.45. The maximum absolute atomic E-state index is 5.82. The van der Waals surface area contributed by atoms with E-state index in [4.69, 9.17) is 17.3 Å². The van der Waals surface area contributed by atoms with Gasteiger partial charge in [-0.25, -0.2) is 0 Å². The van der Waals surface area contributed by atoms with Crippen molar-refractivity contribution in [2.45, 2.75) is 6.92 Å². The molecule has 0 saturated carbocycles. The minimum absolute atomic E-state index is 0.735. The van der Waals surface area contributed by atoms with Gasteiger partial charge in [0.2, 0.25) is 0 Å². The van der Waals surface area contributed by atoms with E-state index in [0.29, 0.717) is 0 Å². The predicted molar refractivity (Wildman–Crippen MR) is 70.3 cm³/mol. The zero-order valence-corrected chi connectivity index (χ0v) is 9.75. The third kappa shape index (κ3) is 2.47. The third-order valence-electron chi connectivity index (χ3n) is 2.40. The van der Waals surface area contributed by atoms with Crippen LogP contribution in [0.4, 0.5) is 17.1 Å². The molecule has 2 aromatic carbocycles. The zero-order valence-electron chi connectivity index (χ0n) is 9.00. The van der Waals surface area contributed by atoms with E-state index in [1.165, 1.54) is 0 Å². The van der Waals surface area contributed by atoms with E-state index < -0.39 is 0 Å². The summed E-state index contributed by atoms with van der Waals surface area (Å²) in [6.07, 6.45) is 0. The number of hydrogen-bond donors (Lipinski definition) is 2. The summed E-state index contributed by atoms with van der Waals surface area (Å²) in [6, 6.07) is 13.5. The molecule has 0 unspecified atom stereocenters. The van der Waals surface area contributed by atoms with Crippen LogP contribution in [0, 0.1) is 6.92 Å². The van der Waals surface area contributed by atoms with Gasteiger partial charge in [-0.05, 0) is 55.0 Å². The highest BCUT2D eigenvalue weighted by molar-refractivity contribution is 6.30. The van der Waals surface area contributed by atoms with Crippen molar-refractivity contribution in [3.63, 3.8) is 0 Å². The molecule has 0 bridgehead atoms. The molecular weight excluding hydrogens is 220 g/mol. The van der Waals surface area contributed by atoms with Gasteiger partial charge < -0.3 is 11.1 Å². The molecule has 0 saturated heterocycles. The van der Waals surface area contributed by atoms with Crippen LogP contribution in [0.25, 0.3) is 0 Å². The highest BCUT2D eigenvalue weighted by Gasteiger charge is 1.97. The van der Waals surface area contributed by atoms with Crippen molar-refractivity contribution in [1.29, 1.82) is 0 Å². The summed E-state index contributed by atoms with van der Waals surface area (Å²) in [7, 11) is 0. The molecule has 2 aromatic rings. The lowest BCUT2D eigenvalue weighted by Gasteiger charge is -2.08. The van der Waals surface area contributed by atoms with Gasteiger partial charge >= 0.3 is 0 Å². The molecule has 3 heteroatoms.